The number of likely N-dealkylation sites (N-methyl/N-ethyl adjacent to an activating group) is 1. The van der Waals surface area contributed by atoms with Gasteiger partial charge in [0, 0.05) is 13.0 Å². The number of benzene rings is 1. The molecule has 0 radical (unpaired) electrons. The van der Waals surface area contributed by atoms with Gasteiger partial charge in [-0.15, -0.1) is 0 Å². The maximum absolute atomic E-state index is 11.7. The molecule has 3 nitrogen and oxygen atoms in total. The van der Waals surface area contributed by atoms with Crippen LogP contribution in [0.2, 0.25) is 0 Å². The molecule has 3 heteroatoms. The molecule has 0 amide bonds. The first kappa shape index (κ1) is 12.1. The van der Waals surface area contributed by atoms with Crippen LogP contribution in [0.3, 0.4) is 0 Å². The molecule has 1 aliphatic carbocycles. The first-order valence-corrected chi connectivity index (χ1v) is 6.06. The van der Waals surface area contributed by atoms with Gasteiger partial charge in [-0.05, 0) is 37.6 Å². The topological polar surface area (TPSA) is 29.5 Å². The first-order chi connectivity index (χ1) is 8.20. The highest BCUT2D eigenvalue weighted by Crippen LogP contribution is 2.21. The van der Waals surface area contributed by atoms with Gasteiger partial charge in [-0.1, -0.05) is 12.1 Å². The summed E-state index contributed by atoms with van der Waals surface area (Å²) in [6, 6.07) is 8.12. The van der Waals surface area contributed by atoms with Crippen molar-refractivity contribution in [2.45, 2.75) is 31.8 Å². The van der Waals surface area contributed by atoms with Gasteiger partial charge in [0.2, 0.25) is 0 Å². The van der Waals surface area contributed by atoms with E-state index in [0.29, 0.717) is 5.78 Å². The lowest BCUT2D eigenvalue weighted by molar-refractivity contribution is -0.121. The monoisotopic (exact) mass is 233 g/mol. The molecule has 1 aliphatic rings. The summed E-state index contributed by atoms with van der Waals surface area (Å²) >= 11 is 0. The molecule has 1 saturated carbocycles. The molecule has 1 aromatic carbocycles. The van der Waals surface area contributed by atoms with Crippen molar-refractivity contribution in [3.05, 3.63) is 29.8 Å². The SMILES string of the molecule is COc1cccc(CN(C)C2CCCC2=O)c1. The van der Waals surface area contributed by atoms with Crippen LogP contribution in [0, 0.1) is 0 Å². The van der Waals surface area contributed by atoms with Crippen molar-refractivity contribution in [3.63, 3.8) is 0 Å². The van der Waals surface area contributed by atoms with Gasteiger partial charge in [0.15, 0.2) is 0 Å². The Balaban J connectivity index is 2.02. The fourth-order valence-electron chi connectivity index (χ4n) is 2.43. The maximum Gasteiger partial charge on any atom is 0.149 e. The van der Waals surface area contributed by atoms with E-state index in [1.165, 1.54) is 5.56 Å². The number of nitrogens with zero attached hydrogens (tertiary/aromatic N) is 1. The third kappa shape index (κ3) is 2.86. The van der Waals surface area contributed by atoms with Crippen LogP contribution in [0.1, 0.15) is 24.8 Å². The molecular formula is C14H19NO2. The highest BCUT2D eigenvalue weighted by molar-refractivity contribution is 5.85. The zero-order valence-corrected chi connectivity index (χ0v) is 10.5. The smallest absolute Gasteiger partial charge is 0.149 e. The summed E-state index contributed by atoms with van der Waals surface area (Å²) in [4.78, 5) is 13.8. The molecule has 1 aromatic rings. The number of carbonyl (C=O) groups is 1. The van der Waals surface area contributed by atoms with E-state index in [9.17, 15) is 4.79 Å². The molecule has 17 heavy (non-hydrogen) atoms. The quantitative estimate of drug-likeness (QED) is 0.799. The van der Waals surface area contributed by atoms with E-state index in [2.05, 4.69) is 11.0 Å². The number of hydrogen-bond acceptors (Lipinski definition) is 3. The predicted octanol–water partition coefficient (Wildman–Crippen LogP) is 2.25. The summed E-state index contributed by atoms with van der Waals surface area (Å²) in [5.41, 5.74) is 1.19. The number of methoxy groups -OCH3 is 1. The van der Waals surface area contributed by atoms with Crippen LogP contribution in [0.25, 0.3) is 0 Å². The van der Waals surface area contributed by atoms with Crippen molar-refractivity contribution in [3.8, 4) is 5.75 Å². The Morgan fingerprint density at radius 3 is 2.94 bits per heavy atom. The summed E-state index contributed by atoms with van der Waals surface area (Å²) in [5.74, 6) is 1.25. The summed E-state index contributed by atoms with van der Waals surface area (Å²) in [5, 5.41) is 0. The van der Waals surface area contributed by atoms with Gasteiger partial charge < -0.3 is 4.74 Å². The number of ether oxygens (including phenoxy) is 1. The van der Waals surface area contributed by atoms with E-state index in [4.69, 9.17) is 4.74 Å². The molecular weight excluding hydrogens is 214 g/mol. The van der Waals surface area contributed by atoms with Crippen LogP contribution in [0.15, 0.2) is 24.3 Å². The van der Waals surface area contributed by atoms with E-state index in [1.54, 1.807) is 7.11 Å². The Bertz CT molecular complexity index is 403. The van der Waals surface area contributed by atoms with Gasteiger partial charge >= 0.3 is 0 Å². The van der Waals surface area contributed by atoms with Crippen LogP contribution in [-0.4, -0.2) is 30.9 Å². The average Bonchev–Trinajstić information content (AvgIpc) is 2.76. The number of ketones is 1. The van der Waals surface area contributed by atoms with Crippen LogP contribution < -0.4 is 4.74 Å². The summed E-state index contributed by atoms with van der Waals surface area (Å²) < 4.78 is 5.20. The lowest BCUT2D eigenvalue weighted by Crippen LogP contribution is -2.34. The fraction of sp³-hybridized carbons (Fsp3) is 0.500. The molecule has 0 aromatic heterocycles. The van der Waals surface area contributed by atoms with Crippen molar-refractivity contribution < 1.29 is 9.53 Å². The van der Waals surface area contributed by atoms with Crippen molar-refractivity contribution in [1.82, 2.24) is 4.90 Å². The lowest BCUT2D eigenvalue weighted by Gasteiger charge is -2.22. The minimum absolute atomic E-state index is 0.112. The van der Waals surface area contributed by atoms with Crippen LogP contribution >= 0.6 is 0 Å². The van der Waals surface area contributed by atoms with Crippen LogP contribution in [0.5, 0.6) is 5.75 Å². The van der Waals surface area contributed by atoms with Gasteiger partial charge in [0.05, 0.1) is 13.2 Å². The summed E-state index contributed by atoms with van der Waals surface area (Å²) in [7, 11) is 3.69. The Morgan fingerprint density at radius 2 is 2.29 bits per heavy atom. The summed E-state index contributed by atoms with van der Waals surface area (Å²) in [6.07, 6.45) is 2.78. The molecule has 2 rings (SSSR count). The van der Waals surface area contributed by atoms with Crippen molar-refractivity contribution >= 4 is 5.78 Å². The highest BCUT2D eigenvalue weighted by atomic mass is 16.5. The molecule has 1 unspecified atom stereocenters. The first-order valence-electron chi connectivity index (χ1n) is 6.06. The van der Waals surface area contributed by atoms with Crippen LogP contribution in [0.4, 0.5) is 0 Å². The Morgan fingerprint density at radius 1 is 1.47 bits per heavy atom. The maximum atomic E-state index is 11.7. The molecule has 0 bridgehead atoms. The normalized spacial score (nSPS) is 19.9. The Hall–Kier alpha value is -1.35. The zero-order valence-electron chi connectivity index (χ0n) is 10.5. The van der Waals surface area contributed by atoms with Gasteiger partial charge in [0.25, 0.3) is 0 Å². The van der Waals surface area contributed by atoms with Gasteiger partial charge in [-0.25, -0.2) is 0 Å². The number of rotatable bonds is 4. The zero-order chi connectivity index (χ0) is 12.3. The Labute approximate surface area is 102 Å². The van der Waals surface area contributed by atoms with E-state index in [0.717, 1.165) is 31.6 Å². The second-order valence-electron chi connectivity index (χ2n) is 4.64. The minimum Gasteiger partial charge on any atom is -0.497 e. The molecule has 0 aliphatic heterocycles. The van der Waals surface area contributed by atoms with Crippen LogP contribution in [-0.2, 0) is 11.3 Å². The third-order valence-corrected chi connectivity index (χ3v) is 3.37. The molecule has 1 fully saturated rings. The molecule has 1 atom stereocenters. The molecule has 0 N–H and O–H groups in total. The van der Waals surface area contributed by atoms with E-state index < -0.39 is 0 Å². The fourth-order valence-corrected chi connectivity index (χ4v) is 2.43. The highest BCUT2D eigenvalue weighted by Gasteiger charge is 2.27. The molecule has 92 valence electrons. The largest absolute Gasteiger partial charge is 0.497 e. The van der Waals surface area contributed by atoms with Gasteiger partial charge in [0.1, 0.15) is 11.5 Å². The van der Waals surface area contributed by atoms with E-state index >= 15 is 0 Å². The van der Waals surface area contributed by atoms with Gasteiger partial charge in [-0.2, -0.15) is 0 Å². The predicted molar refractivity (Wildman–Crippen MR) is 67.1 cm³/mol. The average molecular weight is 233 g/mol. The third-order valence-electron chi connectivity index (χ3n) is 3.37. The van der Waals surface area contributed by atoms with Gasteiger partial charge in [-0.3, -0.25) is 9.69 Å². The van der Waals surface area contributed by atoms with Crippen molar-refractivity contribution in [2.24, 2.45) is 0 Å². The molecule has 0 heterocycles. The summed E-state index contributed by atoms with van der Waals surface area (Å²) in [6.45, 7) is 0.799. The van der Waals surface area contributed by atoms with E-state index in [-0.39, 0.29) is 6.04 Å². The minimum atomic E-state index is 0.112. The Kier molecular flexibility index (Phi) is 3.79. The van der Waals surface area contributed by atoms with Crippen molar-refractivity contribution in [1.29, 1.82) is 0 Å². The lowest BCUT2D eigenvalue weighted by atomic mass is 10.1. The van der Waals surface area contributed by atoms with Crippen molar-refractivity contribution in [2.75, 3.05) is 14.2 Å². The number of carbonyl (C=O) groups excluding carboxylic acids is 1. The second-order valence-corrected chi connectivity index (χ2v) is 4.64. The van der Waals surface area contributed by atoms with E-state index in [1.807, 2.05) is 25.2 Å². The standard InChI is InChI=1S/C14H19NO2/c1-15(13-7-4-8-14(13)16)10-11-5-3-6-12(9-11)17-2/h3,5-6,9,13H,4,7-8,10H2,1-2H3. The molecule has 0 saturated heterocycles. The number of Topliss-reactive ketones (excluding diaryl/α,β-unsaturated/α-hetero) is 1. The second kappa shape index (κ2) is 5.32. The number of hydrogen-bond donors (Lipinski definition) is 0. The molecule has 0 spiro atoms.